The van der Waals surface area contributed by atoms with Crippen molar-refractivity contribution in [2.45, 2.75) is 39.7 Å². The van der Waals surface area contributed by atoms with Crippen LogP contribution in [0.3, 0.4) is 0 Å². The van der Waals surface area contributed by atoms with E-state index >= 15 is 0 Å². The van der Waals surface area contributed by atoms with Crippen molar-refractivity contribution in [1.82, 2.24) is 4.98 Å². The fraction of sp³-hybridized carbons (Fsp3) is 0.389. The standard InChI is InChI=1S/C18H24N2O/c1-4-14-9-11-15(12-10-14)16(5-2)20-17-8-7-13-19-18(17)21-6-3/h7-13,16,20H,4-6H2,1-3H3. The highest BCUT2D eigenvalue weighted by Crippen LogP contribution is 2.28. The van der Waals surface area contributed by atoms with Gasteiger partial charge in [-0.2, -0.15) is 0 Å². The van der Waals surface area contributed by atoms with Crippen molar-refractivity contribution < 1.29 is 4.74 Å². The SMILES string of the molecule is CCOc1ncccc1NC(CC)c1ccc(CC)cc1. The Kier molecular flexibility index (Phi) is 5.61. The van der Waals surface area contributed by atoms with E-state index in [9.17, 15) is 0 Å². The Morgan fingerprint density at radius 1 is 1.10 bits per heavy atom. The molecule has 2 aromatic rings. The molecule has 3 heteroatoms. The number of anilines is 1. The van der Waals surface area contributed by atoms with Crippen LogP contribution in [-0.2, 0) is 6.42 Å². The van der Waals surface area contributed by atoms with Gasteiger partial charge < -0.3 is 10.1 Å². The van der Waals surface area contributed by atoms with Gasteiger partial charge in [-0.3, -0.25) is 0 Å². The van der Waals surface area contributed by atoms with Crippen molar-refractivity contribution >= 4 is 5.69 Å². The van der Waals surface area contributed by atoms with Gasteiger partial charge in [0.05, 0.1) is 18.3 Å². The van der Waals surface area contributed by atoms with Crippen molar-refractivity contribution in [2.24, 2.45) is 0 Å². The third kappa shape index (κ3) is 3.97. The molecular weight excluding hydrogens is 260 g/mol. The second kappa shape index (κ2) is 7.67. The summed E-state index contributed by atoms with van der Waals surface area (Å²) in [5, 5.41) is 3.55. The Morgan fingerprint density at radius 2 is 1.86 bits per heavy atom. The van der Waals surface area contributed by atoms with E-state index in [-0.39, 0.29) is 6.04 Å². The van der Waals surface area contributed by atoms with E-state index in [0.717, 1.165) is 18.5 Å². The molecule has 0 aliphatic heterocycles. The highest BCUT2D eigenvalue weighted by Gasteiger charge is 2.12. The van der Waals surface area contributed by atoms with E-state index in [1.165, 1.54) is 11.1 Å². The van der Waals surface area contributed by atoms with Crippen LogP contribution in [0.15, 0.2) is 42.6 Å². The third-order valence-corrected chi connectivity index (χ3v) is 3.58. The summed E-state index contributed by atoms with van der Waals surface area (Å²) in [4.78, 5) is 4.29. The highest BCUT2D eigenvalue weighted by molar-refractivity contribution is 5.53. The van der Waals surface area contributed by atoms with Gasteiger partial charge in [-0.1, -0.05) is 38.1 Å². The summed E-state index contributed by atoms with van der Waals surface area (Å²) in [5.74, 6) is 0.670. The van der Waals surface area contributed by atoms with E-state index in [1.807, 2.05) is 19.1 Å². The molecule has 0 saturated carbocycles. The largest absolute Gasteiger partial charge is 0.476 e. The number of nitrogens with zero attached hydrogens (tertiary/aromatic N) is 1. The molecule has 3 nitrogen and oxygen atoms in total. The number of aryl methyl sites for hydroxylation is 1. The van der Waals surface area contributed by atoms with Crippen molar-refractivity contribution in [1.29, 1.82) is 0 Å². The van der Waals surface area contributed by atoms with Gasteiger partial charge in [0.1, 0.15) is 0 Å². The Balaban J connectivity index is 2.18. The number of ether oxygens (including phenoxy) is 1. The van der Waals surface area contributed by atoms with Crippen molar-refractivity contribution in [3.8, 4) is 5.88 Å². The highest BCUT2D eigenvalue weighted by atomic mass is 16.5. The van der Waals surface area contributed by atoms with Gasteiger partial charge in [0.2, 0.25) is 5.88 Å². The van der Waals surface area contributed by atoms with E-state index in [0.29, 0.717) is 12.5 Å². The number of hydrogen-bond acceptors (Lipinski definition) is 3. The van der Waals surface area contributed by atoms with Crippen molar-refractivity contribution in [2.75, 3.05) is 11.9 Å². The Morgan fingerprint density at radius 3 is 2.48 bits per heavy atom. The van der Waals surface area contributed by atoms with E-state index in [2.05, 4.69) is 48.4 Å². The Hall–Kier alpha value is -2.03. The summed E-state index contributed by atoms with van der Waals surface area (Å²) in [6, 6.07) is 13.0. The molecule has 1 unspecified atom stereocenters. The first-order valence-corrected chi connectivity index (χ1v) is 7.71. The zero-order valence-electron chi connectivity index (χ0n) is 13.1. The molecule has 21 heavy (non-hydrogen) atoms. The number of benzene rings is 1. The van der Waals surface area contributed by atoms with Crippen LogP contribution in [0.25, 0.3) is 0 Å². The molecule has 2 rings (SSSR count). The molecule has 0 aliphatic carbocycles. The predicted octanol–water partition coefficient (Wildman–Crippen LogP) is 4.61. The lowest BCUT2D eigenvalue weighted by Crippen LogP contribution is -2.11. The maximum Gasteiger partial charge on any atom is 0.237 e. The zero-order chi connectivity index (χ0) is 15.1. The summed E-state index contributed by atoms with van der Waals surface area (Å²) in [6.07, 6.45) is 3.83. The zero-order valence-corrected chi connectivity index (χ0v) is 13.1. The quantitative estimate of drug-likeness (QED) is 0.806. The lowest BCUT2D eigenvalue weighted by molar-refractivity contribution is 0.328. The number of hydrogen-bond donors (Lipinski definition) is 1. The minimum absolute atomic E-state index is 0.263. The molecule has 0 radical (unpaired) electrons. The van der Waals surface area contributed by atoms with Gasteiger partial charge in [0.15, 0.2) is 0 Å². The van der Waals surface area contributed by atoms with Crippen LogP contribution in [0.4, 0.5) is 5.69 Å². The van der Waals surface area contributed by atoms with Crippen LogP contribution in [0.2, 0.25) is 0 Å². The molecule has 0 spiro atoms. The molecule has 1 atom stereocenters. The average Bonchev–Trinajstić information content (AvgIpc) is 2.54. The molecule has 1 aromatic carbocycles. The van der Waals surface area contributed by atoms with Crippen LogP contribution < -0.4 is 10.1 Å². The first-order chi connectivity index (χ1) is 10.3. The average molecular weight is 284 g/mol. The summed E-state index contributed by atoms with van der Waals surface area (Å²) < 4.78 is 5.58. The van der Waals surface area contributed by atoms with Crippen LogP contribution in [0.1, 0.15) is 44.4 Å². The predicted molar refractivity (Wildman–Crippen MR) is 87.9 cm³/mol. The van der Waals surface area contributed by atoms with Gasteiger partial charge in [-0.25, -0.2) is 4.98 Å². The second-order valence-corrected chi connectivity index (χ2v) is 4.99. The summed E-state index contributed by atoms with van der Waals surface area (Å²) in [5.41, 5.74) is 3.61. The summed E-state index contributed by atoms with van der Waals surface area (Å²) in [7, 11) is 0. The molecule has 1 N–H and O–H groups in total. The van der Waals surface area contributed by atoms with Gasteiger partial charge >= 0.3 is 0 Å². The minimum atomic E-state index is 0.263. The van der Waals surface area contributed by atoms with Crippen LogP contribution in [-0.4, -0.2) is 11.6 Å². The minimum Gasteiger partial charge on any atom is -0.476 e. The van der Waals surface area contributed by atoms with Gasteiger partial charge in [0.25, 0.3) is 0 Å². The Bertz CT molecular complexity index is 551. The van der Waals surface area contributed by atoms with Crippen LogP contribution >= 0.6 is 0 Å². The lowest BCUT2D eigenvalue weighted by Gasteiger charge is -2.20. The molecule has 1 heterocycles. The molecule has 0 bridgehead atoms. The van der Waals surface area contributed by atoms with Gasteiger partial charge in [0, 0.05) is 6.20 Å². The first-order valence-electron chi connectivity index (χ1n) is 7.71. The molecule has 0 amide bonds. The third-order valence-electron chi connectivity index (χ3n) is 3.58. The fourth-order valence-electron chi connectivity index (χ4n) is 2.35. The Labute approximate surface area is 127 Å². The van der Waals surface area contributed by atoms with Gasteiger partial charge in [-0.15, -0.1) is 0 Å². The number of rotatable bonds is 7. The maximum atomic E-state index is 5.58. The lowest BCUT2D eigenvalue weighted by atomic mass is 10.0. The molecule has 0 saturated heterocycles. The van der Waals surface area contributed by atoms with Crippen LogP contribution in [0.5, 0.6) is 5.88 Å². The van der Waals surface area contributed by atoms with Crippen molar-refractivity contribution in [3.63, 3.8) is 0 Å². The molecule has 0 aliphatic rings. The topological polar surface area (TPSA) is 34.1 Å². The normalized spacial score (nSPS) is 12.0. The summed E-state index contributed by atoms with van der Waals surface area (Å²) >= 11 is 0. The first kappa shape index (κ1) is 15.4. The van der Waals surface area contributed by atoms with Gasteiger partial charge in [-0.05, 0) is 43.0 Å². The number of nitrogens with one attached hydrogen (secondary N) is 1. The van der Waals surface area contributed by atoms with E-state index in [4.69, 9.17) is 4.74 Å². The molecule has 1 aromatic heterocycles. The monoisotopic (exact) mass is 284 g/mol. The van der Waals surface area contributed by atoms with E-state index in [1.54, 1.807) is 6.20 Å². The van der Waals surface area contributed by atoms with E-state index < -0.39 is 0 Å². The number of pyridine rings is 1. The molecule has 112 valence electrons. The molecule has 0 fully saturated rings. The maximum absolute atomic E-state index is 5.58. The van der Waals surface area contributed by atoms with Crippen LogP contribution in [0, 0.1) is 0 Å². The summed E-state index contributed by atoms with van der Waals surface area (Å²) in [6.45, 7) is 6.95. The number of aromatic nitrogens is 1. The van der Waals surface area contributed by atoms with Crippen molar-refractivity contribution in [3.05, 3.63) is 53.7 Å². The molecular formula is C18H24N2O. The fourth-order valence-corrected chi connectivity index (χ4v) is 2.35. The second-order valence-electron chi connectivity index (χ2n) is 4.99. The smallest absolute Gasteiger partial charge is 0.237 e.